The molecule has 2 unspecified atom stereocenters. The van der Waals surface area contributed by atoms with E-state index in [9.17, 15) is 0 Å². The van der Waals surface area contributed by atoms with Gasteiger partial charge >= 0.3 is 0 Å². The SMILES string of the molecule is Cc1ccccc1C1CC1(N)c1ccccc1. The van der Waals surface area contributed by atoms with Gasteiger partial charge in [-0.2, -0.15) is 0 Å². The second-order valence-corrected chi connectivity index (χ2v) is 5.02. The highest BCUT2D eigenvalue weighted by molar-refractivity contribution is 5.44. The average molecular weight is 223 g/mol. The van der Waals surface area contributed by atoms with E-state index >= 15 is 0 Å². The first-order chi connectivity index (χ1) is 8.22. The Bertz CT molecular complexity index is 532. The molecular weight excluding hydrogens is 206 g/mol. The van der Waals surface area contributed by atoms with Gasteiger partial charge in [0, 0.05) is 11.5 Å². The molecule has 2 N–H and O–H groups in total. The van der Waals surface area contributed by atoms with Crippen LogP contribution in [0.5, 0.6) is 0 Å². The zero-order valence-corrected chi connectivity index (χ0v) is 10.1. The Hall–Kier alpha value is -1.60. The molecule has 1 fully saturated rings. The summed E-state index contributed by atoms with van der Waals surface area (Å²) in [5, 5.41) is 0. The van der Waals surface area contributed by atoms with E-state index in [1.807, 2.05) is 6.07 Å². The predicted octanol–water partition coefficient (Wildman–Crippen LogP) is 3.34. The van der Waals surface area contributed by atoms with Crippen LogP contribution < -0.4 is 5.73 Å². The highest BCUT2D eigenvalue weighted by Crippen LogP contribution is 2.56. The number of hydrogen-bond acceptors (Lipinski definition) is 1. The molecule has 0 saturated heterocycles. The molecule has 0 spiro atoms. The third kappa shape index (κ3) is 1.67. The number of rotatable bonds is 2. The lowest BCUT2D eigenvalue weighted by Gasteiger charge is -2.13. The fourth-order valence-electron chi connectivity index (χ4n) is 2.71. The van der Waals surface area contributed by atoms with Gasteiger partial charge in [0.05, 0.1) is 0 Å². The molecule has 0 amide bonds. The molecule has 2 atom stereocenters. The Labute approximate surface area is 102 Å². The van der Waals surface area contributed by atoms with Crippen molar-refractivity contribution in [3.05, 3.63) is 71.3 Å². The number of aryl methyl sites for hydroxylation is 1. The molecule has 0 aromatic heterocycles. The van der Waals surface area contributed by atoms with Crippen LogP contribution in [0.3, 0.4) is 0 Å². The zero-order chi connectivity index (χ0) is 11.9. The summed E-state index contributed by atoms with van der Waals surface area (Å²) in [6.07, 6.45) is 1.06. The van der Waals surface area contributed by atoms with Gasteiger partial charge in [0.1, 0.15) is 0 Å². The van der Waals surface area contributed by atoms with E-state index in [1.54, 1.807) is 0 Å². The first-order valence-electron chi connectivity index (χ1n) is 6.12. The summed E-state index contributed by atoms with van der Waals surface area (Å²) < 4.78 is 0. The van der Waals surface area contributed by atoms with Crippen LogP contribution in [0.2, 0.25) is 0 Å². The maximum atomic E-state index is 6.51. The molecule has 3 rings (SSSR count). The van der Waals surface area contributed by atoms with Crippen molar-refractivity contribution in [1.29, 1.82) is 0 Å². The molecule has 1 aliphatic carbocycles. The molecule has 0 heterocycles. The van der Waals surface area contributed by atoms with Crippen molar-refractivity contribution in [2.75, 3.05) is 0 Å². The highest BCUT2D eigenvalue weighted by Gasteiger charge is 2.53. The summed E-state index contributed by atoms with van der Waals surface area (Å²) in [6, 6.07) is 19.0. The van der Waals surface area contributed by atoms with Gasteiger partial charge in [-0.3, -0.25) is 0 Å². The van der Waals surface area contributed by atoms with Crippen molar-refractivity contribution in [2.45, 2.75) is 24.8 Å². The van der Waals surface area contributed by atoms with E-state index in [4.69, 9.17) is 5.73 Å². The normalized spacial score (nSPS) is 26.8. The van der Waals surface area contributed by atoms with E-state index in [0.717, 1.165) is 6.42 Å². The van der Waals surface area contributed by atoms with Crippen molar-refractivity contribution in [2.24, 2.45) is 5.73 Å². The fraction of sp³-hybridized carbons (Fsp3) is 0.250. The molecular formula is C16H17N. The van der Waals surface area contributed by atoms with Crippen LogP contribution in [-0.4, -0.2) is 0 Å². The maximum absolute atomic E-state index is 6.51. The first-order valence-corrected chi connectivity index (χ1v) is 6.12. The average Bonchev–Trinajstić information content (AvgIpc) is 3.05. The minimum Gasteiger partial charge on any atom is -0.321 e. The van der Waals surface area contributed by atoms with E-state index in [0.29, 0.717) is 5.92 Å². The Morgan fingerprint density at radius 1 is 1.00 bits per heavy atom. The number of nitrogens with two attached hydrogens (primary N) is 1. The largest absolute Gasteiger partial charge is 0.321 e. The Morgan fingerprint density at radius 2 is 1.65 bits per heavy atom. The maximum Gasteiger partial charge on any atom is 0.0486 e. The van der Waals surface area contributed by atoms with Crippen LogP contribution in [0, 0.1) is 6.92 Å². The third-order valence-electron chi connectivity index (χ3n) is 3.88. The lowest BCUT2D eigenvalue weighted by atomic mass is 9.97. The van der Waals surface area contributed by atoms with Crippen LogP contribution in [0.25, 0.3) is 0 Å². The monoisotopic (exact) mass is 223 g/mol. The van der Waals surface area contributed by atoms with Crippen molar-refractivity contribution >= 4 is 0 Å². The van der Waals surface area contributed by atoms with Crippen LogP contribution in [-0.2, 0) is 5.54 Å². The Kier molecular flexibility index (Phi) is 2.30. The topological polar surface area (TPSA) is 26.0 Å². The molecule has 17 heavy (non-hydrogen) atoms. The zero-order valence-electron chi connectivity index (χ0n) is 10.1. The number of benzene rings is 2. The Balaban J connectivity index is 1.94. The molecule has 2 aromatic rings. The lowest BCUT2D eigenvalue weighted by Crippen LogP contribution is -2.21. The molecule has 1 nitrogen and oxygen atoms in total. The van der Waals surface area contributed by atoms with Gasteiger partial charge in [-0.05, 0) is 30.0 Å². The van der Waals surface area contributed by atoms with Gasteiger partial charge in [-0.25, -0.2) is 0 Å². The van der Waals surface area contributed by atoms with Crippen molar-refractivity contribution < 1.29 is 0 Å². The smallest absolute Gasteiger partial charge is 0.0486 e. The lowest BCUT2D eigenvalue weighted by molar-refractivity contribution is 0.704. The molecule has 1 aliphatic rings. The van der Waals surface area contributed by atoms with E-state index in [2.05, 4.69) is 55.5 Å². The standard InChI is InChI=1S/C16H17N/c1-12-7-5-6-10-14(12)15-11-16(15,17)13-8-3-2-4-9-13/h2-10,15H,11,17H2,1H3. The van der Waals surface area contributed by atoms with E-state index < -0.39 is 0 Å². The van der Waals surface area contributed by atoms with Gasteiger partial charge < -0.3 is 5.73 Å². The van der Waals surface area contributed by atoms with Crippen LogP contribution >= 0.6 is 0 Å². The molecule has 0 aliphatic heterocycles. The van der Waals surface area contributed by atoms with Crippen LogP contribution in [0.4, 0.5) is 0 Å². The molecule has 1 saturated carbocycles. The second kappa shape index (κ2) is 3.71. The molecule has 0 bridgehead atoms. The number of hydrogen-bond donors (Lipinski definition) is 1. The third-order valence-corrected chi connectivity index (χ3v) is 3.88. The Morgan fingerprint density at radius 3 is 2.35 bits per heavy atom. The van der Waals surface area contributed by atoms with E-state index in [1.165, 1.54) is 16.7 Å². The van der Waals surface area contributed by atoms with Gasteiger partial charge in [-0.1, -0.05) is 54.6 Å². The van der Waals surface area contributed by atoms with Gasteiger partial charge in [0.25, 0.3) is 0 Å². The molecule has 1 heteroatoms. The summed E-state index contributed by atoms with van der Waals surface area (Å²) in [5.74, 6) is 0.478. The first kappa shape index (κ1) is 10.5. The van der Waals surface area contributed by atoms with Crippen LogP contribution in [0.1, 0.15) is 29.0 Å². The van der Waals surface area contributed by atoms with Crippen molar-refractivity contribution in [1.82, 2.24) is 0 Å². The summed E-state index contributed by atoms with van der Waals surface area (Å²) in [4.78, 5) is 0. The quantitative estimate of drug-likeness (QED) is 0.830. The summed E-state index contributed by atoms with van der Waals surface area (Å²) >= 11 is 0. The molecule has 0 radical (unpaired) electrons. The van der Waals surface area contributed by atoms with Gasteiger partial charge in [-0.15, -0.1) is 0 Å². The summed E-state index contributed by atoms with van der Waals surface area (Å²) in [7, 11) is 0. The minimum absolute atomic E-state index is 0.145. The van der Waals surface area contributed by atoms with Gasteiger partial charge in [0.2, 0.25) is 0 Å². The van der Waals surface area contributed by atoms with Crippen molar-refractivity contribution in [3.63, 3.8) is 0 Å². The van der Waals surface area contributed by atoms with Gasteiger partial charge in [0.15, 0.2) is 0 Å². The minimum atomic E-state index is -0.145. The fourth-order valence-corrected chi connectivity index (χ4v) is 2.71. The van der Waals surface area contributed by atoms with E-state index in [-0.39, 0.29) is 5.54 Å². The summed E-state index contributed by atoms with van der Waals surface area (Å²) in [5.41, 5.74) is 10.4. The second-order valence-electron chi connectivity index (χ2n) is 5.02. The van der Waals surface area contributed by atoms with Crippen molar-refractivity contribution in [3.8, 4) is 0 Å². The summed E-state index contributed by atoms with van der Waals surface area (Å²) in [6.45, 7) is 2.17. The molecule has 2 aromatic carbocycles. The van der Waals surface area contributed by atoms with Crippen LogP contribution in [0.15, 0.2) is 54.6 Å². The predicted molar refractivity (Wildman–Crippen MR) is 70.8 cm³/mol. The highest BCUT2D eigenvalue weighted by atomic mass is 14.9. The molecule has 86 valence electrons.